The van der Waals surface area contributed by atoms with Gasteiger partial charge in [-0.25, -0.2) is 4.39 Å². The molecule has 0 radical (unpaired) electrons. The maximum atomic E-state index is 13.0. The van der Waals surface area contributed by atoms with Crippen LogP contribution in [0.5, 0.6) is 0 Å². The van der Waals surface area contributed by atoms with Gasteiger partial charge >= 0.3 is 0 Å². The molecule has 0 aromatic heterocycles. The summed E-state index contributed by atoms with van der Waals surface area (Å²) in [6.45, 7) is 4.93. The highest BCUT2D eigenvalue weighted by Crippen LogP contribution is 2.17. The topological polar surface area (TPSA) is 55.7 Å². The van der Waals surface area contributed by atoms with E-state index in [0.29, 0.717) is 13.1 Å². The Morgan fingerprint density at radius 2 is 1.70 bits per heavy atom. The minimum Gasteiger partial charge on any atom is -0.395 e. The second-order valence-electron chi connectivity index (χ2n) is 4.74. The maximum Gasteiger partial charge on any atom is 0.123 e. The van der Waals surface area contributed by atoms with Gasteiger partial charge in [-0.05, 0) is 30.7 Å². The molecule has 5 heteroatoms. The van der Waals surface area contributed by atoms with E-state index < -0.39 is 0 Å². The zero-order valence-corrected chi connectivity index (χ0v) is 12.1. The van der Waals surface area contributed by atoms with Crippen LogP contribution in [0.1, 0.15) is 24.9 Å². The van der Waals surface area contributed by atoms with Gasteiger partial charge in [0.1, 0.15) is 5.82 Å². The van der Waals surface area contributed by atoms with Crippen molar-refractivity contribution in [2.45, 2.75) is 19.4 Å². The molecule has 0 aliphatic heterocycles. The molecule has 1 rings (SSSR count). The molecule has 0 amide bonds. The molecule has 1 aromatic carbocycles. The van der Waals surface area contributed by atoms with Crippen molar-refractivity contribution >= 4 is 0 Å². The highest BCUT2D eigenvalue weighted by Gasteiger charge is 2.12. The summed E-state index contributed by atoms with van der Waals surface area (Å²) in [6, 6.07) is 6.69. The Balaban J connectivity index is 2.59. The maximum absolute atomic E-state index is 13.0. The Labute approximate surface area is 120 Å². The van der Waals surface area contributed by atoms with E-state index in [1.807, 2.05) is 11.8 Å². The molecule has 0 heterocycles. The normalized spacial score (nSPS) is 12.8. The van der Waals surface area contributed by atoms with Crippen molar-refractivity contribution in [3.8, 4) is 0 Å². The van der Waals surface area contributed by atoms with Gasteiger partial charge in [-0.15, -0.1) is 0 Å². The van der Waals surface area contributed by atoms with Crippen molar-refractivity contribution in [2.24, 2.45) is 0 Å². The first-order valence-electron chi connectivity index (χ1n) is 7.14. The van der Waals surface area contributed by atoms with Crippen LogP contribution >= 0.6 is 0 Å². The Bertz CT molecular complexity index is 353. The Kier molecular flexibility index (Phi) is 8.37. The third-order valence-corrected chi connectivity index (χ3v) is 3.29. The number of hydrogen-bond acceptors (Lipinski definition) is 4. The van der Waals surface area contributed by atoms with E-state index in [-0.39, 0.29) is 25.1 Å². The number of aliphatic hydroxyl groups is 2. The van der Waals surface area contributed by atoms with Crippen molar-refractivity contribution in [1.82, 2.24) is 10.2 Å². The Hall–Kier alpha value is -1.01. The van der Waals surface area contributed by atoms with Gasteiger partial charge in [0.05, 0.1) is 13.2 Å². The lowest BCUT2D eigenvalue weighted by atomic mass is 10.0. The van der Waals surface area contributed by atoms with Crippen molar-refractivity contribution in [2.75, 3.05) is 39.4 Å². The largest absolute Gasteiger partial charge is 0.395 e. The summed E-state index contributed by atoms with van der Waals surface area (Å²) in [5.41, 5.74) is 1.06. The van der Waals surface area contributed by atoms with Gasteiger partial charge in [-0.3, -0.25) is 4.90 Å². The second kappa shape index (κ2) is 9.83. The summed E-state index contributed by atoms with van der Waals surface area (Å²) in [4.78, 5) is 2.02. The van der Waals surface area contributed by atoms with Crippen LogP contribution in [0.2, 0.25) is 0 Å². The molecule has 0 saturated heterocycles. The number of aliphatic hydroxyl groups excluding tert-OH is 2. The lowest BCUT2D eigenvalue weighted by Crippen LogP contribution is -2.33. The number of halogens is 1. The fourth-order valence-corrected chi connectivity index (χ4v) is 2.26. The predicted octanol–water partition coefficient (Wildman–Crippen LogP) is 1.15. The van der Waals surface area contributed by atoms with E-state index in [0.717, 1.165) is 25.1 Å². The van der Waals surface area contributed by atoms with E-state index in [1.54, 1.807) is 12.1 Å². The lowest BCUT2D eigenvalue weighted by Gasteiger charge is -2.24. The van der Waals surface area contributed by atoms with E-state index in [9.17, 15) is 4.39 Å². The number of nitrogens with zero attached hydrogens (tertiary/aromatic N) is 1. The zero-order valence-electron chi connectivity index (χ0n) is 12.1. The van der Waals surface area contributed by atoms with Crippen LogP contribution in [0, 0.1) is 5.82 Å². The predicted molar refractivity (Wildman–Crippen MR) is 78.0 cm³/mol. The summed E-state index contributed by atoms with van der Waals surface area (Å²) in [5, 5.41) is 21.4. The van der Waals surface area contributed by atoms with Crippen LogP contribution in [-0.4, -0.2) is 54.5 Å². The third-order valence-electron chi connectivity index (χ3n) is 3.29. The quantitative estimate of drug-likeness (QED) is 0.603. The van der Waals surface area contributed by atoms with Crippen molar-refractivity contribution in [3.05, 3.63) is 35.6 Å². The molecule has 0 saturated carbocycles. The highest BCUT2D eigenvalue weighted by molar-refractivity contribution is 5.19. The summed E-state index contributed by atoms with van der Waals surface area (Å²) in [5.74, 6) is -0.230. The number of nitrogens with one attached hydrogen (secondary N) is 1. The smallest absolute Gasteiger partial charge is 0.123 e. The Morgan fingerprint density at radius 3 is 2.20 bits per heavy atom. The van der Waals surface area contributed by atoms with Gasteiger partial charge in [-0.1, -0.05) is 19.1 Å². The summed E-state index contributed by atoms with van der Waals surface area (Å²) >= 11 is 0. The van der Waals surface area contributed by atoms with Gasteiger partial charge in [0, 0.05) is 25.7 Å². The first-order chi connectivity index (χ1) is 9.71. The lowest BCUT2D eigenvalue weighted by molar-refractivity contribution is 0.156. The van der Waals surface area contributed by atoms with Crippen LogP contribution in [0.4, 0.5) is 4.39 Å². The molecule has 0 spiro atoms. The SMILES string of the molecule is CCNC(CCN(CCO)CCO)c1ccc(F)cc1. The van der Waals surface area contributed by atoms with Gasteiger partial charge in [0.15, 0.2) is 0 Å². The zero-order chi connectivity index (χ0) is 14.8. The molecule has 1 aromatic rings. The number of benzene rings is 1. The molecule has 0 aliphatic rings. The molecule has 1 unspecified atom stereocenters. The second-order valence-corrected chi connectivity index (χ2v) is 4.74. The van der Waals surface area contributed by atoms with Crippen molar-refractivity contribution < 1.29 is 14.6 Å². The van der Waals surface area contributed by atoms with E-state index in [2.05, 4.69) is 5.32 Å². The van der Waals surface area contributed by atoms with Gasteiger partial charge in [0.2, 0.25) is 0 Å². The van der Waals surface area contributed by atoms with Gasteiger partial charge in [0.25, 0.3) is 0 Å². The summed E-state index contributed by atoms with van der Waals surface area (Å²) in [7, 11) is 0. The van der Waals surface area contributed by atoms with Crippen LogP contribution < -0.4 is 5.32 Å². The standard InChI is InChI=1S/C15H25FN2O2/c1-2-17-15(13-3-5-14(16)6-4-13)7-8-18(9-11-19)10-12-20/h3-6,15,17,19-20H,2,7-12H2,1H3. The van der Waals surface area contributed by atoms with Crippen LogP contribution in [0.3, 0.4) is 0 Å². The highest BCUT2D eigenvalue weighted by atomic mass is 19.1. The van der Waals surface area contributed by atoms with E-state index >= 15 is 0 Å². The van der Waals surface area contributed by atoms with E-state index in [4.69, 9.17) is 10.2 Å². The minimum absolute atomic E-state index is 0.0857. The average molecular weight is 284 g/mol. The van der Waals surface area contributed by atoms with Crippen LogP contribution in [0.15, 0.2) is 24.3 Å². The average Bonchev–Trinajstić information content (AvgIpc) is 2.45. The Morgan fingerprint density at radius 1 is 1.10 bits per heavy atom. The van der Waals surface area contributed by atoms with Gasteiger partial charge < -0.3 is 15.5 Å². The number of rotatable bonds is 10. The fraction of sp³-hybridized carbons (Fsp3) is 0.600. The molecule has 4 nitrogen and oxygen atoms in total. The van der Waals surface area contributed by atoms with Crippen LogP contribution in [0.25, 0.3) is 0 Å². The third kappa shape index (κ3) is 5.96. The van der Waals surface area contributed by atoms with Crippen molar-refractivity contribution in [1.29, 1.82) is 0 Å². The molecular formula is C15H25FN2O2. The fourth-order valence-electron chi connectivity index (χ4n) is 2.26. The minimum atomic E-state index is -0.230. The molecular weight excluding hydrogens is 259 g/mol. The molecule has 0 aliphatic carbocycles. The molecule has 3 N–H and O–H groups in total. The molecule has 114 valence electrons. The van der Waals surface area contributed by atoms with Crippen molar-refractivity contribution in [3.63, 3.8) is 0 Å². The first-order valence-corrected chi connectivity index (χ1v) is 7.14. The monoisotopic (exact) mass is 284 g/mol. The summed E-state index contributed by atoms with van der Waals surface area (Å²) in [6.07, 6.45) is 0.847. The van der Waals surface area contributed by atoms with Gasteiger partial charge in [-0.2, -0.15) is 0 Å². The molecule has 20 heavy (non-hydrogen) atoms. The summed E-state index contributed by atoms with van der Waals surface area (Å²) < 4.78 is 13.0. The molecule has 1 atom stereocenters. The molecule has 0 bridgehead atoms. The van der Waals surface area contributed by atoms with Crippen LogP contribution in [-0.2, 0) is 0 Å². The van der Waals surface area contributed by atoms with E-state index in [1.165, 1.54) is 12.1 Å². The first kappa shape index (κ1) is 17.0. The number of hydrogen-bond donors (Lipinski definition) is 3. The molecule has 0 fully saturated rings.